The molecule has 0 aliphatic heterocycles. The number of aryl methyl sites for hydroxylation is 1. The van der Waals surface area contributed by atoms with E-state index in [1.165, 1.54) is 28.8 Å². The van der Waals surface area contributed by atoms with Crippen molar-refractivity contribution in [3.63, 3.8) is 0 Å². The summed E-state index contributed by atoms with van der Waals surface area (Å²) in [6, 6.07) is 18.7. The minimum atomic E-state index is -0.516. The summed E-state index contributed by atoms with van der Waals surface area (Å²) in [6.45, 7) is 0.331. The number of amides is 1. The number of benzene rings is 3. The van der Waals surface area contributed by atoms with E-state index in [4.69, 9.17) is 4.42 Å². The Morgan fingerprint density at radius 3 is 2.50 bits per heavy atom. The Hall–Kier alpha value is -3.74. The molecule has 0 spiro atoms. The highest BCUT2D eigenvalue weighted by atomic mass is 19.1. The summed E-state index contributed by atoms with van der Waals surface area (Å²) in [7, 11) is 0. The second kappa shape index (κ2) is 9.60. The van der Waals surface area contributed by atoms with Crippen molar-refractivity contribution in [1.82, 2.24) is 9.88 Å². The Bertz CT molecular complexity index is 1300. The Kier molecular flexibility index (Phi) is 6.44. The molecule has 0 bridgehead atoms. The zero-order valence-corrected chi connectivity index (χ0v) is 17.3. The largest absolute Gasteiger partial charge is 0.419 e. The number of para-hydroxylation sites is 2. The molecule has 7 heteroatoms. The number of nitrogens with zero attached hydrogens (tertiary/aromatic N) is 1. The fourth-order valence-corrected chi connectivity index (χ4v) is 3.77. The van der Waals surface area contributed by atoms with Crippen LogP contribution in [0.4, 0.5) is 8.78 Å². The summed E-state index contributed by atoms with van der Waals surface area (Å²) in [4.78, 5) is 24.7. The molecule has 0 radical (unpaired) electrons. The summed E-state index contributed by atoms with van der Waals surface area (Å²) < 4.78 is 34.1. The Labute approximate surface area is 183 Å². The molecule has 0 saturated heterocycles. The molecule has 32 heavy (non-hydrogen) atoms. The van der Waals surface area contributed by atoms with Crippen LogP contribution in [0.5, 0.6) is 0 Å². The first-order valence-electron chi connectivity index (χ1n) is 10.4. The quantitative estimate of drug-likeness (QED) is 0.433. The maximum atomic E-state index is 13.8. The molecule has 4 rings (SSSR count). The lowest BCUT2D eigenvalue weighted by Gasteiger charge is -2.20. The van der Waals surface area contributed by atoms with E-state index in [2.05, 4.69) is 5.32 Å². The molecule has 0 aliphatic carbocycles. The zero-order valence-electron chi connectivity index (χ0n) is 17.3. The van der Waals surface area contributed by atoms with E-state index in [-0.39, 0.29) is 18.1 Å². The van der Waals surface area contributed by atoms with Crippen LogP contribution in [-0.4, -0.2) is 10.5 Å². The summed E-state index contributed by atoms with van der Waals surface area (Å²) >= 11 is 0. The molecule has 4 aromatic rings. The first-order valence-corrected chi connectivity index (χ1v) is 10.4. The van der Waals surface area contributed by atoms with E-state index in [1.54, 1.807) is 42.5 Å². The monoisotopic (exact) mass is 436 g/mol. The van der Waals surface area contributed by atoms with Crippen LogP contribution in [0.1, 0.15) is 30.0 Å². The van der Waals surface area contributed by atoms with Crippen LogP contribution >= 0.6 is 0 Å². The topological polar surface area (TPSA) is 64.2 Å². The van der Waals surface area contributed by atoms with E-state index < -0.39 is 17.6 Å². The highest BCUT2D eigenvalue weighted by Gasteiger charge is 2.17. The van der Waals surface area contributed by atoms with Gasteiger partial charge in [0.05, 0.1) is 11.6 Å². The molecule has 164 valence electrons. The summed E-state index contributed by atoms with van der Waals surface area (Å²) in [5.41, 5.74) is 2.47. The van der Waals surface area contributed by atoms with Gasteiger partial charge in [-0.1, -0.05) is 36.4 Å². The van der Waals surface area contributed by atoms with Gasteiger partial charge in [0, 0.05) is 13.0 Å². The minimum absolute atomic E-state index is 0.168. The zero-order chi connectivity index (χ0) is 22.5. The SMILES string of the molecule is O=C(CCCn1c(=O)oc2ccccc21)NC(Cc1cccc(F)c1)c1cccc(F)c1. The number of hydrogen-bond donors (Lipinski definition) is 1. The lowest BCUT2D eigenvalue weighted by atomic mass is 9.98. The highest BCUT2D eigenvalue weighted by molar-refractivity contribution is 5.76. The van der Waals surface area contributed by atoms with Gasteiger partial charge in [-0.3, -0.25) is 9.36 Å². The molecule has 1 unspecified atom stereocenters. The van der Waals surface area contributed by atoms with E-state index in [0.29, 0.717) is 41.6 Å². The molecule has 0 aliphatic rings. The van der Waals surface area contributed by atoms with Gasteiger partial charge in [-0.2, -0.15) is 0 Å². The molecule has 0 fully saturated rings. The first kappa shape index (κ1) is 21.5. The van der Waals surface area contributed by atoms with Gasteiger partial charge in [-0.05, 0) is 60.4 Å². The van der Waals surface area contributed by atoms with Crippen LogP contribution in [0, 0.1) is 11.6 Å². The molecule has 3 aromatic carbocycles. The molecule has 1 heterocycles. The predicted octanol–water partition coefficient (Wildman–Crippen LogP) is 4.75. The molecule has 1 amide bonds. The maximum absolute atomic E-state index is 13.8. The predicted molar refractivity (Wildman–Crippen MR) is 117 cm³/mol. The van der Waals surface area contributed by atoms with Gasteiger partial charge in [0.1, 0.15) is 11.6 Å². The van der Waals surface area contributed by atoms with Crippen LogP contribution in [0.25, 0.3) is 11.1 Å². The number of rotatable bonds is 8. The number of oxazole rings is 1. The first-order chi connectivity index (χ1) is 15.5. The maximum Gasteiger partial charge on any atom is 0.419 e. The summed E-state index contributed by atoms with van der Waals surface area (Å²) in [5, 5.41) is 2.92. The normalized spacial score (nSPS) is 12.1. The average molecular weight is 436 g/mol. The fourth-order valence-electron chi connectivity index (χ4n) is 3.77. The lowest BCUT2D eigenvalue weighted by Crippen LogP contribution is -2.30. The van der Waals surface area contributed by atoms with Crippen LogP contribution in [0.2, 0.25) is 0 Å². The second-order valence-corrected chi connectivity index (χ2v) is 7.60. The van der Waals surface area contributed by atoms with Gasteiger partial charge in [0.2, 0.25) is 5.91 Å². The smallest absolute Gasteiger partial charge is 0.408 e. The van der Waals surface area contributed by atoms with Crippen LogP contribution in [0.15, 0.2) is 82.0 Å². The second-order valence-electron chi connectivity index (χ2n) is 7.60. The Morgan fingerprint density at radius 2 is 1.72 bits per heavy atom. The number of hydrogen-bond acceptors (Lipinski definition) is 3. The summed E-state index contributed by atoms with van der Waals surface area (Å²) in [6.07, 6.45) is 0.908. The van der Waals surface area contributed by atoms with E-state index in [0.717, 1.165) is 0 Å². The number of nitrogens with one attached hydrogen (secondary N) is 1. The average Bonchev–Trinajstić information content (AvgIpc) is 3.08. The Morgan fingerprint density at radius 1 is 0.969 bits per heavy atom. The van der Waals surface area contributed by atoms with Gasteiger partial charge in [-0.15, -0.1) is 0 Å². The van der Waals surface area contributed by atoms with Gasteiger partial charge < -0.3 is 9.73 Å². The number of carbonyl (C=O) groups is 1. The summed E-state index contributed by atoms with van der Waals surface area (Å²) in [5.74, 6) is -1.48. The minimum Gasteiger partial charge on any atom is -0.408 e. The van der Waals surface area contributed by atoms with E-state index in [9.17, 15) is 18.4 Å². The Balaban J connectivity index is 1.43. The third-order valence-corrected chi connectivity index (χ3v) is 5.27. The van der Waals surface area contributed by atoms with Crippen molar-refractivity contribution in [1.29, 1.82) is 0 Å². The third kappa shape index (κ3) is 5.11. The molecule has 0 saturated carbocycles. The van der Waals surface area contributed by atoms with Crippen molar-refractivity contribution in [2.45, 2.75) is 31.8 Å². The fraction of sp³-hybridized carbons (Fsp3) is 0.200. The molecule has 1 aromatic heterocycles. The molecular weight excluding hydrogens is 414 g/mol. The molecule has 1 atom stereocenters. The molecule has 1 N–H and O–H groups in total. The van der Waals surface area contributed by atoms with Crippen molar-refractivity contribution >= 4 is 17.0 Å². The van der Waals surface area contributed by atoms with Crippen molar-refractivity contribution in [2.24, 2.45) is 0 Å². The van der Waals surface area contributed by atoms with Crippen molar-refractivity contribution in [3.05, 3.63) is 106 Å². The van der Waals surface area contributed by atoms with Crippen LogP contribution < -0.4 is 11.1 Å². The standard InChI is InChI=1S/C25H22F2N2O3/c26-19-8-3-6-17(14-19)15-21(18-7-4-9-20(27)16-18)28-24(30)12-5-13-29-22-10-1-2-11-23(22)32-25(29)31/h1-4,6-11,14,16,21H,5,12-13,15H2,(H,28,30). The van der Waals surface area contributed by atoms with Crippen LogP contribution in [0.3, 0.4) is 0 Å². The number of aromatic nitrogens is 1. The van der Waals surface area contributed by atoms with Gasteiger partial charge in [0.25, 0.3) is 0 Å². The number of carbonyl (C=O) groups excluding carboxylic acids is 1. The molecule has 5 nitrogen and oxygen atoms in total. The van der Waals surface area contributed by atoms with Crippen LogP contribution in [-0.2, 0) is 17.8 Å². The van der Waals surface area contributed by atoms with Crippen molar-refractivity contribution in [3.8, 4) is 0 Å². The number of halogens is 2. The van der Waals surface area contributed by atoms with E-state index in [1.807, 2.05) is 6.07 Å². The van der Waals surface area contributed by atoms with Gasteiger partial charge >= 0.3 is 5.76 Å². The van der Waals surface area contributed by atoms with Crippen molar-refractivity contribution in [2.75, 3.05) is 0 Å². The highest BCUT2D eigenvalue weighted by Crippen LogP contribution is 2.21. The van der Waals surface area contributed by atoms with E-state index >= 15 is 0 Å². The molecular formula is C25H22F2N2O3. The third-order valence-electron chi connectivity index (χ3n) is 5.27. The lowest BCUT2D eigenvalue weighted by molar-refractivity contribution is -0.122. The van der Waals surface area contributed by atoms with Gasteiger partial charge in [0.15, 0.2) is 5.58 Å². The van der Waals surface area contributed by atoms with Crippen molar-refractivity contribution < 1.29 is 18.0 Å². The number of fused-ring (bicyclic) bond motifs is 1. The van der Waals surface area contributed by atoms with Gasteiger partial charge in [-0.25, -0.2) is 13.6 Å².